The lowest BCUT2D eigenvalue weighted by Gasteiger charge is -2.00. The van der Waals surface area contributed by atoms with Crippen molar-refractivity contribution in [2.24, 2.45) is 0 Å². The maximum atomic E-state index is 10.4. The molecule has 1 aromatic rings. The van der Waals surface area contributed by atoms with Gasteiger partial charge in [0, 0.05) is 5.56 Å². The molecule has 0 aromatic heterocycles. The van der Waals surface area contributed by atoms with Crippen LogP contribution in [0.1, 0.15) is 14.5 Å². The topological polar surface area (TPSA) is 26.3 Å². The molecule has 0 saturated heterocycles. The van der Waals surface area contributed by atoms with Crippen LogP contribution in [0.3, 0.4) is 0 Å². The summed E-state index contributed by atoms with van der Waals surface area (Å²) >= 11 is 5.66. The van der Waals surface area contributed by atoms with Crippen LogP contribution in [0.2, 0.25) is 5.02 Å². The molecule has 0 heterocycles. The molecule has 11 heavy (non-hydrogen) atoms. The van der Waals surface area contributed by atoms with E-state index in [1.165, 1.54) is 18.2 Å². The molecule has 3 heteroatoms. The second-order valence-corrected chi connectivity index (χ2v) is 2.31. The van der Waals surface area contributed by atoms with E-state index < -0.39 is 7.04 Å². The van der Waals surface area contributed by atoms with Crippen LogP contribution in [0.15, 0.2) is 18.2 Å². The molecule has 0 spiro atoms. The van der Waals surface area contributed by atoms with E-state index in [-0.39, 0.29) is 10.8 Å². The van der Waals surface area contributed by atoms with Gasteiger partial charge in [-0.2, -0.15) is 0 Å². The third-order valence-corrected chi connectivity index (χ3v) is 1.54. The normalized spacial score (nSPS) is 14.5. The highest BCUT2D eigenvalue weighted by Crippen LogP contribution is 2.20. The van der Waals surface area contributed by atoms with Gasteiger partial charge in [0.1, 0.15) is 5.75 Å². The lowest BCUT2D eigenvalue weighted by molar-refractivity contribution is 0.112. The summed E-state index contributed by atoms with van der Waals surface area (Å²) in [4.78, 5) is 10.4. The Morgan fingerprint density at radius 2 is 2.55 bits per heavy atom. The first kappa shape index (κ1) is 4.78. The molecule has 0 aliphatic carbocycles. The molecule has 0 amide bonds. The highest BCUT2D eigenvalue weighted by Gasteiger charge is 1.99. The fourth-order valence-electron chi connectivity index (χ4n) is 0.667. The number of halogens is 1. The van der Waals surface area contributed by atoms with E-state index in [0.717, 1.165) is 0 Å². The lowest BCUT2D eigenvalue weighted by atomic mass is 10.2. The molecule has 1 rings (SSSR count). The molecule has 0 bridgehead atoms. The zero-order valence-corrected chi connectivity index (χ0v) is 6.26. The molecule has 0 unspecified atom stereocenters. The van der Waals surface area contributed by atoms with Gasteiger partial charge in [0.25, 0.3) is 0 Å². The maximum Gasteiger partial charge on any atom is 0.151 e. The first-order chi connectivity index (χ1) is 6.42. The minimum atomic E-state index is -2.51. The maximum absolute atomic E-state index is 10.4. The van der Waals surface area contributed by atoms with E-state index in [4.69, 9.17) is 15.7 Å². The predicted octanol–water partition coefficient (Wildman–Crippen LogP) is 2.16. The number of hydrogen-bond donors (Lipinski definition) is 0. The third kappa shape index (κ3) is 1.71. The van der Waals surface area contributed by atoms with E-state index >= 15 is 0 Å². The van der Waals surface area contributed by atoms with E-state index in [0.29, 0.717) is 11.8 Å². The van der Waals surface area contributed by atoms with Gasteiger partial charge in [0.2, 0.25) is 0 Å². The molecule has 0 radical (unpaired) electrons. The highest BCUT2D eigenvalue weighted by atomic mass is 35.5. The fraction of sp³-hybridized carbons (Fsp3) is 0.125. The Labute approximate surface area is 74.0 Å². The Kier molecular flexibility index (Phi) is 1.47. The van der Waals surface area contributed by atoms with Gasteiger partial charge in [-0.25, -0.2) is 0 Å². The van der Waals surface area contributed by atoms with Gasteiger partial charge in [-0.05, 0) is 18.2 Å². The SMILES string of the molecule is [2H]C([2H])([2H])Oc1ccc(C=O)c(Cl)c1. The summed E-state index contributed by atoms with van der Waals surface area (Å²) in [6.45, 7) is 0. The van der Waals surface area contributed by atoms with Gasteiger partial charge in [-0.3, -0.25) is 4.79 Å². The van der Waals surface area contributed by atoms with Crippen molar-refractivity contribution in [2.45, 2.75) is 0 Å². The molecule has 0 fully saturated rings. The predicted molar refractivity (Wildman–Crippen MR) is 43.4 cm³/mol. The summed E-state index contributed by atoms with van der Waals surface area (Å²) < 4.78 is 25.1. The van der Waals surface area contributed by atoms with Crippen molar-refractivity contribution in [2.75, 3.05) is 7.04 Å². The van der Waals surface area contributed by atoms with Crippen LogP contribution in [0.5, 0.6) is 5.75 Å². The number of hydrogen-bond acceptors (Lipinski definition) is 2. The Balaban J connectivity index is 2.92. The van der Waals surface area contributed by atoms with Gasteiger partial charge >= 0.3 is 0 Å². The molecule has 1 aromatic carbocycles. The van der Waals surface area contributed by atoms with Crippen LogP contribution in [0, 0.1) is 0 Å². The first-order valence-electron chi connectivity index (χ1n) is 4.36. The summed E-state index contributed by atoms with van der Waals surface area (Å²) in [5.41, 5.74) is 0.296. The Hall–Kier alpha value is -1.02. The van der Waals surface area contributed by atoms with Gasteiger partial charge in [-0.15, -0.1) is 0 Å². The monoisotopic (exact) mass is 173 g/mol. The van der Waals surface area contributed by atoms with Gasteiger partial charge in [0.15, 0.2) is 6.29 Å². The van der Waals surface area contributed by atoms with Crippen LogP contribution in [0.25, 0.3) is 0 Å². The van der Waals surface area contributed by atoms with Crippen molar-refractivity contribution in [1.29, 1.82) is 0 Å². The number of rotatable bonds is 2. The van der Waals surface area contributed by atoms with Crippen LogP contribution in [-0.4, -0.2) is 13.3 Å². The Morgan fingerprint density at radius 1 is 1.73 bits per heavy atom. The van der Waals surface area contributed by atoms with Crippen LogP contribution in [0.4, 0.5) is 0 Å². The molecule has 2 nitrogen and oxygen atoms in total. The van der Waals surface area contributed by atoms with Crippen molar-refractivity contribution in [3.63, 3.8) is 0 Å². The van der Waals surface area contributed by atoms with E-state index in [2.05, 4.69) is 4.74 Å². The standard InChI is InChI=1S/C8H7ClO2/c1-11-7-3-2-6(5-10)8(9)4-7/h2-5H,1H3/i1D3. The molecule has 0 aliphatic rings. The lowest BCUT2D eigenvalue weighted by Crippen LogP contribution is -1.85. The molecular formula is C8H7ClO2. The number of ether oxygens (including phenoxy) is 1. The second-order valence-electron chi connectivity index (χ2n) is 1.90. The number of carbonyl (C=O) groups excluding carboxylic acids is 1. The van der Waals surface area contributed by atoms with Crippen LogP contribution < -0.4 is 4.74 Å². The average Bonchev–Trinajstić information content (AvgIpc) is 2.01. The molecule has 0 saturated carbocycles. The largest absolute Gasteiger partial charge is 0.497 e. The van der Waals surface area contributed by atoms with E-state index in [1.54, 1.807) is 0 Å². The zero-order chi connectivity index (χ0) is 10.8. The summed E-state index contributed by atoms with van der Waals surface area (Å²) in [5.74, 6) is 0.112. The molecule has 0 N–H and O–H groups in total. The molecule has 0 atom stereocenters. The average molecular weight is 174 g/mol. The summed E-state index contributed by atoms with van der Waals surface area (Å²) in [5, 5.41) is 0.168. The van der Waals surface area contributed by atoms with E-state index in [1.807, 2.05) is 0 Å². The molecule has 0 aliphatic heterocycles. The number of benzene rings is 1. The quantitative estimate of drug-likeness (QED) is 0.641. The number of aldehydes is 1. The summed E-state index contributed by atoms with van der Waals surface area (Å²) in [6, 6.07) is 4.07. The van der Waals surface area contributed by atoms with Crippen molar-refractivity contribution in [1.82, 2.24) is 0 Å². The minimum Gasteiger partial charge on any atom is -0.497 e. The number of methoxy groups -OCH3 is 1. The van der Waals surface area contributed by atoms with Crippen molar-refractivity contribution in [3.8, 4) is 5.75 Å². The van der Waals surface area contributed by atoms with Crippen molar-refractivity contribution in [3.05, 3.63) is 28.8 Å². The Bertz CT molecular complexity index is 349. The smallest absolute Gasteiger partial charge is 0.151 e. The highest BCUT2D eigenvalue weighted by molar-refractivity contribution is 6.33. The van der Waals surface area contributed by atoms with Crippen molar-refractivity contribution < 1.29 is 13.6 Å². The zero-order valence-electron chi connectivity index (χ0n) is 8.50. The minimum absolute atomic E-state index is 0.112. The third-order valence-electron chi connectivity index (χ3n) is 1.22. The van der Waals surface area contributed by atoms with Gasteiger partial charge < -0.3 is 4.74 Å². The fourth-order valence-corrected chi connectivity index (χ4v) is 0.882. The molecule has 58 valence electrons. The van der Waals surface area contributed by atoms with Gasteiger partial charge in [0.05, 0.1) is 16.2 Å². The Morgan fingerprint density at radius 3 is 3.09 bits per heavy atom. The van der Waals surface area contributed by atoms with Crippen molar-refractivity contribution >= 4 is 17.9 Å². The van der Waals surface area contributed by atoms with Crippen LogP contribution >= 0.6 is 11.6 Å². The first-order valence-corrected chi connectivity index (χ1v) is 3.24. The van der Waals surface area contributed by atoms with Crippen LogP contribution in [-0.2, 0) is 0 Å². The van der Waals surface area contributed by atoms with E-state index in [9.17, 15) is 4.79 Å². The second kappa shape index (κ2) is 3.39. The summed E-state index contributed by atoms with van der Waals surface area (Å²) in [6.07, 6.45) is 0.585. The molecular weight excluding hydrogens is 164 g/mol. The van der Waals surface area contributed by atoms with Gasteiger partial charge in [-0.1, -0.05) is 11.6 Å². The number of carbonyl (C=O) groups is 1. The summed E-state index contributed by atoms with van der Waals surface area (Å²) in [7, 11) is -2.51.